The maximum absolute atomic E-state index is 13.0. The summed E-state index contributed by atoms with van der Waals surface area (Å²) in [6, 6.07) is 6.65. The summed E-state index contributed by atoms with van der Waals surface area (Å²) in [4.78, 5) is 16.9. The standard InChI is InChI=1S/C22H21F2N5O2/c23-22(24)7-16(8-22)29-21(30)14-3-1-2-13(6-14)9-25-20-17-4-5-31-19(17)18(12-26-20)15-10-27-28-11-15/h1-3,6,10-12,16H,4-5,7-9H2,(H,25,26)(H,27,28)(H,29,30). The molecule has 0 saturated heterocycles. The van der Waals surface area contributed by atoms with Crippen LogP contribution in [0.15, 0.2) is 42.9 Å². The first-order valence-corrected chi connectivity index (χ1v) is 10.1. The molecular weight excluding hydrogens is 404 g/mol. The highest BCUT2D eigenvalue weighted by Crippen LogP contribution is 2.39. The zero-order valence-electron chi connectivity index (χ0n) is 16.6. The number of halogens is 2. The number of pyridine rings is 1. The number of fused-ring (bicyclic) bond motifs is 1. The Kier molecular flexibility index (Phi) is 4.80. The number of carbonyl (C=O) groups is 1. The van der Waals surface area contributed by atoms with Crippen molar-refractivity contribution in [3.63, 3.8) is 0 Å². The van der Waals surface area contributed by atoms with Crippen molar-refractivity contribution < 1.29 is 18.3 Å². The number of amides is 1. The Morgan fingerprint density at radius 1 is 1.29 bits per heavy atom. The van der Waals surface area contributed by atoms with Crippen LogP contribution in [0.1, 0.15) is 34.3 Å². The molecule has 7 nitrogen and oxygen atoms in total. The van der Waals surface area contributed by atoms with Gasteiger partial charge in [0, 0.05) is 66.5 Å². The van der Waals surface area contributed by atoms with Gasteiger partial charge in [0.25, 0.3) is 11.8 Å². The van der Waals surface area contributed by atoms with Crippen molar-refractivity contribution in [1.82, 2.24) is 20.5 Å². The van der Waals surface area contributed by atoms with E-state index in [1.54, 1.807) is 36.8 Å². The van der Waals surface area contributed by atoms with Crippen molar-refractivity contribution in [3.8, 4) is 16.9 Å². The number of ether oxygens (including phenoxy) is 1. The largest absolute Gasteiger partial charge is 0.492 e. The molecule has 3 N–H and O–H groups in total. The molecule has 3 aromatic rings. The summed E-state index contributed by atoms with van der Waals surface area (Å²) in [5.41, 5.74) is 4.16. The maximum Gasteiger partial charge on any atom is 0.252 e. The molecule has 160 valence electrons. The minimum atomic E-state index is -2.66. The molecule has 0 bridgehead atoms. The van der Waals surface area contributed by atoms with Gasteiger partial charge < -0.3 is 15.4 Å². The molecule has 0 atom stereocenters. The van der Waals surface area contributed by atoms with Gasteiger partial charge in [-0.15, -0.1) is 0 Å². The number of nitrogens with one attached hydrogen (secondary N) is 3. The molecule has 31 heavy (non-hydrogen) atoms. The molecule has 1 aliphatic heterocycles. The zero-order chi connectivity index (χ0) is 21.4. The molecule has 2 aliphatic rings. The molecule has 2 aromatic heterocycles. The molecule has 0 radical (unpaired) electrons. The highest BCUT2D eigenvalue weighted by molar-refractivity contribution is 5.94. The van der Waals surface area contributed by atoms with Gasteiger partial charge in [0.2, 0.25) is 0 Å². The quantitative estimate of drug-likeness (QED) is 0.562. The van der Waals surface area contributed by atoms with E-state index in [9.17, 15) is 13.6 Å². The lowest BCUT2D eigenvalue weighted by atomic mass is 9.88. The van der Waals surface area contributed by atoms with E-state index < -0.39 is 12.0 Å². The van der Waals surface area contributed by atoms with Gasteiger partial charge >= 0.3 is 0 Å². The summed E-state index contributed by atoms with van der Waals surface area (Å²) in [5, 5.41) is 12.8. The number of benzene rings is 1. The molecule has 1 aliphatic carbocycles. The van der Waals surface area contributed by atoms with Crippen molar-refractivity contribution in [2.75, 3.05) is 11.9 Å². The van der Waals surface area contributed by atoms with Crippen molar-refractivity contribution in [2.24, 2.45) is 0 Å². The Morgan fingerprint density at radius 3 is 2.94 bits per heavy atom. The van der Waals surface area contributed by atoms with E-state index >= 15 is 0 Å². The summed E-state index contributed by atoms with van der Waals surface area (Å²) < 4.78 is 31.8. The topological polar surface area (TPSA) is 91.9 Å². The number of rotatable bonds is 6. The van der Waals surface area contributed by atoms with E-state index in [2.05, 4.69) is 25.8 Å². The summed E-state index contributed by atoms with van der Waals surface area (Å²) in [6.07, 6.45) is 5.45. The van der Waals surface area contributed by atoms with Gasteiger partial charge in [-0.05, 0) is 17.7 Å². The Labute approximate surface area is 177 Å². The number of hydrogen-bond donors (Lipinski definition) is 3. The number of nitrogens with zero attached hydrogens (tertiary/aromatic N) is 2. The molecule has 0 spiro atoms. The predicted octanol–water partition coefficient (Wildman–Crippen LogP) is 3.55. The highest BCUT2D eigenvalue weighted by atomic mass is 19.3. The highest BCUT2D eigenvalue weighted by Gasteiger charge is 2.45. The molecule has 9 heteroatoms. The third-order valence-corrected chi connectivity index (χ3v) is 5.61. The average Bonchev–Trinajstić information content (AvgIpc) is 3.43. The number of aromatic nitrogens is 3. The number of anilines is 1. The van der Waals surface area contributed by atoms with Crippen LogP contribution < -0.4 is 15.4 Å². The van der Waals surface area contributed by atoms with Crippen LogP contribution in [0.5, 0.6) is 5.75 Å². The van der Waals surface area contributed by atoms with Crippen LogP contribution in [0.2, 0.25) is 0 Å². The Bertz CT molecular complexity index is 1110. The second-order valence-corrected chi connectivity index (χ2v) is 7.90. The van der Waals surface area contributed by atoms with E-state index in [0.717, 1.165) is 40.2 Å². The molecular formula is C22H21F2N5O2. The van der Waals surface area contributed by atoms with Crippen LogP contribution in [0.4, 0.5) is 14.6 Å². The predicted molar refractivity (Wildman–Crippen MR) is 110 cm³/mol. The van der Waals surface area contributed by atoms with E-state index in [1.807, 2.05) is 6.07 Å². The van der Waals surface area contributed by atoms with Crippen LogP contribution in [-0.2, 0) is 13.0 Å². The van der Waals surface area contributed by atoms with Crippen LogP contribution in [0.25, 0.3) is 11.1 Å². The normalized spacial score (nSPS) is 16.8. The first-order chi connectivity index (χ1) is 15.0. The van der Waals surface area contributed by atoms with Crippen molar-refractivity contribution in [1.29, 1.82) is 0 Å². The molecule has 3 heterocycles. The molecule has 5 rings (SSSR count). The average molecular weight is 425 g/mol. The first-order valence-electron chi connectivity index (χ1n) is 10.1. The molecule has 1 saturated carbocycles. The van der Waals surface area contributed by atoms with Crippen LogP contribution >= 0.6 is 0 Å². The lowest BCUT2D eigenvalue weighted by Gasteiger charge is -2.35. The monoisotopic (exact) mass is 425 g/mol. The zero-order valence-corrected chi connectivity index (χ0v) is 16.6. The van der Waals surface area contributed by atoms with Gasteiger partial charge in [-0.1, -0.05) is 12.1 Å². The minimum absolute atomic E-state index is 0.298. The lowest BCUT2D eigenvalue weighted by molar-refractivity contribution is -0.0901. The third kappa shape index (κ3) is 3.95. The second-order valence-electron chi connectivity index (χ2n) is 7.90. The summed E-state index contributed by atoms with van der Waals surface area (Å²) in [5.74, 6) is -1.44. The molecule has 1 fully saturated rings. The van der Waals surface area contributed by atoms with E-state index in [-0.39, 0.29) is 18.7 Å². The van der Waals surface area contributed by atoms with Gasteiger partial charge in [0.05, 0.1) is 12.8 Å². The Hall–Kier alpha value is -3.49. The van der Waals surface area contributed by atoms with E-state index in [1.165, 1.54) is 0 Å². The summed E-state index contributed by atoms with van der Waals surface area (Å²) >= 11 is 0. The van der Waals surface area contributed by atoms with Crippen LogP contribution in [0.3, 0.4) is 0 Å². The van der Waals surface area contributed by atoms with Gasteiger partial charge in [0.1, 0.15) is 11.6 Å². The molecule has 1 aromatic carbocycles. The molecule has 0 unspecified atom stereocenters. The third-order valence-electron chi connectivity index (χ3n) is 5.61. The number of carbonyl (C=O) groups excluding carboxylic acids is 1. The van der Waals surface area contributed by atoms with Crippen LogP contribution in [0, 0.1) is 0 Å². The number of hydrogen-bond acceptors (Lipinski definition) is 5. The summed E-state index contributed by atoms with van der Waals surface area (Å²) in [7, 11) is 0. The summed E-state index contributed by atoms with van der Waals surface area (Å²) in [6.45, 7) is 1.06. The van der Waals surface area contributed by atoms with Crippen molar-refractivity contribution in [2.45, 2.75) is 37.8 Å². The Balaban J connectivity index is 1.27. The van der Waals surface area contributed by atoms with Gasteiger partial charge in [-0.2, -0.15) is 5.10 Å². The smallest absolute Gasteiger partial charge is 0.252 e. The maximum atomic E-state index is 13.0. The van der Waals surface area contributed by atoms with Gasteiger partial charge in [-0.3, -0.25) is 9.89 Å². The fourth-order valence-electron chi connectivity index (χ4n) is 3.98. The minimum Gasteiger partial charge on any atom is -0.492 e. The van der Waals surface area contributed by atoms with E-state index in [4.69, 9.17) is 4.74 Å². The lowest BCUT2D eigenvalue weighted by Crippen LogP contribution is -2.50. The molecule has 1 amide bonds. The first kappa shape index (κ1) is 19.5. The fraction of sp³-hybridized carbons (Fsp3) is 0.318. The van der Waals surface area contributed by atoms with Gasteiger partial charge in [0.15, 0.2) is 0 Å². The van der Waals surface area contributed by atoms with E-state index in [0.29, 0.717) is 18.7 Å². The van der Waals surface area contributed by atoms with Crippen molar-refractivity contribution in [3.05, 3.63) is 59.5 Å². The van der Waals surface area contributed by atoms with Crippen molar-refractivity contribution >= 4 is 11.7 Å². The fourth-order valence-corrected chi connectivity index (χ4v) is 3.98. The van der Waals surface area contributed by atoms with Gasteiger partial charge in [-0.25, -0.2) is 13.8 Å². The number of aromatic amines is 1. The second kappa shape index (κ2) is 7.64. The number of H-pyrrole nitrogens is 1. The number of alkyl halides is 2. The SMILES string of the molecule is O=C(NC1CC(F)(F)C1)c1cccc(CNc2ncc(-c3cn[nH]c3)c3c2CCO3)c1. The Morgan fingerprint density at radius 2 is 2.16 bits per heavy atom. The van der Waals surface area contributed by atoms with Crippen LogP contribution in [-0.4, -0.2) is 39.7 Å².